The van der Waals surface area contributed by atoms with Crippen molar-refractivity contribution in [1.82, 2.24) is 0 Å². The number of allylic oxidation sites excluding steroid dienone is 1. The van der Waals surface area contributed by atoms with Crippen molar-refractivity contribution in [2.24, 2.45) is 29.1 Å². The normalized spacial score (nSPS) is 46.8. The first-order chi connectivity index (χ1) is 8.54. The molecule has 0 aromatic rings. The lowest BCUT2D eigenvalue weighted by atomic mass is 9.84. The van der Waals surface area contributed by atoms with Gasteiger partial charge in [0, 0.05) is 18.6 Å². The number of hydrogen-bond donors (Lipinski definition) is 2. The molecule has 3 aliphatic rings. The van der Waals surface area contributed by atoms with Crippen LogP contribution < -0.4 is 0 Å². The third kappa shape index (κ3) is 1.41. The SMILES string of the molecule is C[C@@H]1CCC2=C(CO)C(=O)C[C@@H]3[C@H]([C@@H]21)[C@]3(C)CO. The summed E-state index contributed by atoms with van der Waals surface area (Å²) >= 11 is 0. The molecule has 0 saturated heterocycles. The van der Waals surface area contributed by atoms with Crippen LogP contribution in [0.4, 0.5) is 0 Å². The first-order valence-corrected chi connectivity index (χ1v) is 7.01. The first-order valence-electron chi connectivity index (χ1n) is 7.01. The number of Topliss-reactive ketones (excluding diaryl/α,β-unsaturated/α-hetero) is 1. The molecule has 18 heavy (non-hydrogen) atoms. The third-order valence-corrected chi connectivity index (χ3v) is 5.83. The quantitative estimate of drug-likeness (QED) is 0.781. The van der Waals surface area contributed by atoms with E-state index in [0.29, 0.717) is 35.7 Å². The van der Waals surface area contributed by atoms with E-state index in [0.717, 1.165) is 12.8 Å². The predicted molar refractivity (Wildman–Crippen MR) is 67.8 cm³/mol. The monoisotopic (exact) mass is 250 g/mol. The molecule has 0 unspecified atom stereocenters. The van der Waals surface area contributed by atoms with Crippen molar-refractivity contribution in [3.63, 3.8) is 0 Å². The largest absolute Gasteiger partial charge is 0.396 e. The van der Waals surface area contributed by atoms with E-state index in [1.807, 2.05) is 0 Å². The Morgan fingerprint density at radius 3 is 2.72 bits per heavy atom. The maximum Gasteiger partial charge on any atom is 0.161 e. The molecule has 0 aliphatic heterocycles. The summed E-state index contributed by atoms with van der Waals surface area (Å²) in [5.41, 5.74) is 1.84. The maximum atomic E-state index is 12.2. The van der Waals surface area contributed by atoms with E-state index in [4.69, 9.17) is 0 Å². The summed E-state index contributed by atoms with van der Waals surface area (Å²) < 4.78 is 0. The van der Waals surface area contributed by atoms with Gasteiger partial charge in [-0.1, -0.05) is 19.4 Å². The van der Waals surface area contributed by atoms with Crippen LogP contribution >= 0.6 is 0 Å². The van der Waals surface area contributed by atoms with E-state index >= 15 is 0 Å². The van der Waals surface area contributed by atoms with E-state index in [-0.39, 0.29) is 24.4 Å². The third-order valence-electron chi connectivity index (χ3n) is 5.83. The maximum absolute atomic E-state index is 12.2. The molecular formula is C15H22O3. The van der Waals surface area contributed by atoms with E-state index < -0.39 is 0 Å². The molecular weight excluding hydrogens is 228 g/mol. The highest BCUT2D eigenvalue weighted by Gasteiger charge is 2.66. The van der Waals surface area contributed by atoms with Crippen molar-refractivity contribution in [3.05, 3.63) is 11.1 Å². The van der Waals surface area contributed by atoms with Crippen LogP contribution in [0.3, 0.4) is 0 Å². The van der Waals surface area contributed by atoms with Crippen LogP contribution in [0.5, 0.6) is 0 Å². The number of aliphatic hydroxyl groups excluding tert-OH is 2. The lowest BCUT2D eigenvalue weighted by Gasteiger charge is -2.21. The van der Waals surface area contributed by atoms with Gasteiger partial charge >= 0.3 is 0 Å². The second-order valence-corrected chi connectivity index (χ2v) is 6.63. The number of aliphatic hydroxyl groups is 2. The van der Waals surface area contributed by atoms with E-state index in [1.54, 1.807) is 0 Å². The summed E-state index contributed by atoms with van der Waals surface area (Å²) in [5, 5.41) is 19.1. The summed E-state index contributed by atoms with van der Waals surface area (Å²) in [4.78, 5) is 12.2. The molecule has 3 rings (SSSR count). The van der Waals surface area contributed by atoms with Crippen LogP contribution in [0.1, 0.15) is 33.1 Å². The molecule has 0 amide bonds. The second-order valence-electron chi connectivity index (χ2n) is 6.63. The minimum atomic E-state index is -0.104. The highest BCUT2D eigenvalue weighted by atomic mass is 16.3. The number of carbonyl (C=O) groups excluding carboxylic acids is 1. The van der Waals surface area contributed by atoms with Gasteiger partial charge < -0.3 is 10.2 Å². The number of fused-ring (bicyclic) bond motifs is 3. The lowest BCUT2D eigenvalue weighted by molar-refractivity contribution is -0.116. The molecule has 2 fully saturated rings. The fourth-order valence-electron chi connectivity index (χ4n) is 4.63. The number of rotatable bonds is 2. The molecule has 0 aromatic heterocycles. The number of carbonyl (C=O) groups is 1. The zero-order valence-corrected chi connectivity index (χ0v) is 11.1. The van der Waals surface area contributed by atoms with Crippen LogP contribution in [-0.4, -0.2) is 29.2 Å². The van der Waals surface area contributed by atoms with E-state index in [1.165, 1.54) is 5.57 Å². The van der Waals surface area contributed by atoms with Gasteiger partial charge in [-0.25, -0.2) is 0 Å². The van der Waals surface area contributed by atoms with Crippen LogP contribution in [0, 0.1) is 29.1 Å². The van der Waals surface area contributed by atoms with Gasteiger partial charge in [0.15, 0.2) is 5.78 Å². The van der Waals surface area contributed by atoms with Gasteiger partial charge in [0.25, 0.3) is 0 Å². The van der Waals surface area contributed by atoms with Crippen LogP contribution in [-0.2, 0) is 4.79 Å². The van der Waals surface area contributed by atoms with Crippen molar-refractivity contribution < 1.29 is 15.0 Å². The van der Waals surface area contributed by atoms with Gasteiger partial charge in [-0.3, -0.25) is 4.79 Å². The molecule has 3 heteroatoms. The summed E-state index contributed by atoms with van der Waals surface area (Å²) in [6.07, 6.45) is 2.59. The molecule has 0 aromatic carbocycles. The van der Waals surface area contributed by atoms with Gasteiger partial charge in [0.1, 0.15) is 0 Å². The zero-order chi connectivity index (χ0) is 13.1. The van der Waals surface area contributed by atoms with Gasteiger partial charge in [-0.15, -0.1) is 0 Å². The fraction of sp³-hybridized carbons (Fsp3) is 0.800. The Kier molecular flexibility index (Phi) is 2.69. The molecule has 0 heterocycles. The number of hydrogen-bond acceptors (Lipinski definition) is 3. The number of ketones is 1. The van der Waals surface area contributed by atoms with Gasteiger partial charge in [0.2, 0.25) is 0 Å². The van der Waals surface area contributed by atoms with Gasteiger partial charge in [-0.2, -0.15) is 0 Å². The van der Waals surface area contributed by atoms with Crippen LogP contribution in [0.2, 0.25) is 0 Å². The lowest BCUT2D eigenvalue weighted by Crippen LogP contribution is -2.19. The highest BCUT2D eigenvalue weighted by molar-refractivity contribution is 5.97. The van der Waals surface area contributed by atoms with Crippen LogP contribution in [0.25, 0.3) is 0 Å². The first kappa shape index (κ1) is 12.4. The molecule has 3 aliphatic carbocycles. The smallest absolute Gasteiger partial charge is 0.161 e. The predicted octanol–water partition coefficient (Wildman–Crippen LogP) is 1.54. The average Bonchev–Trinajstić information content (AvgIpc) is 2.78. The molecule has 5 atom stereocenters. The molecule has 0 spiro atoms. The minimum absolute atomic E-state index is 0.0643. The minimum Gasteiger partial charge on any atom is -0.396 e. The fourth-order valence-corrected chi connectivity index (χ4v) is 4.63. The van der Waals surface area contributed by atoms with E-state index in [9.17, 15) is 15.0 Å². The topological polar surface area (TPSA) is 57.5 Å². The summed E-state index contributed by atoms with van der Waals surface area (Å²) in [6.45, 7) is 4.44. The Labute approximate surface area is 108 Å². The van der Waals surface area contributed by atoms with Crippen molar-refractivity contribution in [1.29, 1.82) is 0 Å². The Morgan fingerprint density at radius 1 is 1.39 bits per heavy atom. The molecule has 0 bridgehead atoms. The molecule has 3 nitrogen and oxygen atoms in total. The molecule has 2 saturated carbocycles. The Balaban J connectivity index is 2.05. The van der Waals surface area contributed by atoms with Crippen molar-refractivity contribution in [2.45, 2.75) is 33.1 Å². The van der Waals surface area contributed by atoms with Crippen molar-refractivity contribution in [2.75, 3.05) is 13.2 Å². The Bertz CT molecular complexity index is 425. The molecule has 100 valence electrons. The van der Waals surface area contributed by atoms with Gasteiger partial charge in [0.05, 0.1) is 6.61 Å². The second kappa shape index (κ2) is 3.91. The zero-order valence-electron chi connectivity index (χ0n) is 11.1. The summed E-state index contributed by atoms with van der Waals surface area (Å²) in [7, 11) is 0. The average molecular weight is 250 g/mol. The Morgan fingerprint density at radius 2 is 2.11 bits per heavy atom. The van der Waals surface area contributed by atoms with Crippen molar-refractivity contribution in [3.8, 4) is 0 Å². The van der Waals surface area contributed by atoms with E-state index in [2.05, 4.69) is 13.8 Å². The molecule has 0 radical (unpaired) electrons. The van der Waals surface area contributed by atoms with Gasteiger partial charge in [-0.05, 0) is 41.9 Å². The highest BCUT2D eigenvalue weighted by Crippen LogP contribution is 2.69. The summed E-state index contributed by atoms with van der Waals surface area (Å²) in [5.74, 6) is 1.88. The Hall–Kier alpha value is -0.670. The van der Waals surface area contributed by atoms with Crippen molar-refractivity contribution >= 4 is 5.78 Å². The summed E-state index contributed by atoms with van der Waals surface area (Å²) in [6, 6.07) is 0. The molecule has 2 N–H and O–H groups in total. The standard InChI is InChI=1S/C15H22O3/c1-8-3-4-9-10(6-16)12(18)5-11-14(13(8)9)15(11,2)7-17/h8,11,13-14,16-17H,3-7H2,1-2H3/t8-,11-,13-,14-,15-/m1/s1. The van der Waals surface area contributed by atoms with Crippen LogP contribution in [0.15, 0.2) is 11.1 Å².